The van der Waals surface area contributed by atoms with Crippen LogP contribution in [0.15, 0.2) is 29.0 Å². The van der Waals surface area contributed by atoms with Crippen molar-refractivity contribution in [3.63, 3.8) is 0 Å². The Balaban J connectivity index is 1.69. The number of hydrogen-bond acceptors (Lipinski definition) is 7. The number of rotatable bonds is 4. The zero-order valence-electron chi connectivity index (χ0n) is 25.3. The molecule has 2 saturated carbocycles. The van der Waals surface area contributed by atoms with E-state index in [0.29, 0.717) is 23.8 Å². The van der Waals surface area contributed by atoms with Crippen molar-refractivity contribution < 1.29 is 34.8 Å². The van der Waals surface area contributed by atoms with Crippen molar-refractivity contribution in [2.24, 2.45) is 34.5 Å². The minimum absolute atomic E-state index is 0.0507. The number of fused-ring (bicyclic) bond motifs is 3. The van der Waals surface area contributed by atoms with Crippen LogP contribution >= 0.6 is 0 Å². The van der Waals surface area contributed by atoms with Gasteiger partial charge in [-0.1, -0.05) is 66.5 Å². The van der Waals surface area contributed by atoms with Crippen LogP contribution in [0.5, 0.6) is 5.75 Å². The fraction of sp³-hybridized carbons (Fsp3) is 0.618. The molecule has 7 heteroatoms. The van der Waals surface area contributed by atoms with Gasteiger partial charge in [0.25, 0.3) is 0 Å². The van der Waals surface area contributed by atoms with Gasteiger partial charge in [0, 0.05) is 22.3 Å². The van der Waals surface area contributed by atoms with E-state index in [9.17, 15) is 34.8 Å². The molecule has 222 valence electrons. The van der Waals surface area contributed by atoms with Crippen LogP contribution in [0.25, 0.3) is 5.76 Å². The van der Waals surface area contributed by atoms with Gasteiger partial charge >= 0.3 is 0 Å². The summed E-state index contributed by atoms with van der Waals surface area (Å²) in [5, 5.41) is 46.8. The van der Waals surface area contributed by atoms with E-state index in [2.05, 4.69) is 13.8 Å². The number of Topliss-reactive ketones (excluding diaryl/α,β-unsaturated/α-hetero) is 3. The topological polar surface area (TPSA) is 132 Å². The second-order valence-electron chi connectivity index (χ2n) is 14.3. The molecular weight excluding hydrogens is 520 g/mol. The summed E-state index contributed by atoms with van der Waals surface area (Å²) < 4.78 is 0. The Morgan fingerprint density at radius 2 is 1.61 bits per heavy atom. The summed E-state index contributed by atoms with van der Waals surface area (Å²) in [7, 11) is 0. The van der Waals surface area contributed by atoms with Gasteiger partial charge in [0.1, 0.15) is 22.8 Å². The van der Waals surface area contributed by atoms with Crippen molar-refractivity contribution in [1.29, 1.82) is 0 Å². The van der Waals surface area contributed by atoms with Crippen LogP contribution < -0.4 is 0 Å². The van der Waals surface area contributed by atoms with Gasteiger partial charge in [0.2, 0.25) is 5.78 Å². The molecule has 5 rings (SSSR count). The van der Waals surface area contributed by atoms with Crippen LogP contribution in [0.1, 0.15) is 103 Å². The lowest BCUT2D eigenvalue weighted by molar-refractivity contribution is -0.178. The van der Waals surface area contributed by atoms with Crippen molar-refractivity contribution in [1.82, 2.24) is 0 Å². The zero-order valence-corrected chi connectivity index (χ0v) is 25.3. The third-order valence-corrected chi connectivity index (χ3v) is 11.2. The van der Waals surface area contributed by atoms with Gasteiger partial charge < -0.3 is 20.4 Å². The fourth-order valence-electron chi connectivity index (χ4n) is 9.13. The summed E-state index contributed by atoms with van der Waals surface area (Å²) >= 11 is 0. The Morgan fingerprint density at radius 3 is 2.17 bits per heavy atom. The van der Waals surface area contributed by atoms with Gasteiger partial charge in [-0.05, 0) is 67.4 Å². The monoisotopic (exact) mass is 564 g/mol. The molecule has 4 aliphatic carbocycles. The average Bonchev–Trinajstić information content (AvgIpc) is 2.86. The molecule has 0 radical (unpaired) electrons. The molecule has 0 bridgehead atoms. The van der Waals surface area contributed by atoms with Gasteiger partial charge in [-0.3, -0.25) is 14.4 Å². The average molecular weight is 565 g/mol. The maximum Gasteiger partial charge on any atom is 0.203 e. The molecule has 41 heavy (non-hydrogen) atoms. The van der Waals surface area contributed by atoms with Crippen molar-refractivity contribution in [2.45, 2.75) is 98.5 Å². The first-order valence-electron chi connectivity index (χ1n) is 15.1. The van der Waals surface area contributed by atoms with Gasteiger partial charge in [0.05, 0.1) is 5.56 Å². The van der Waals surface area contributed by atoms with E-state index < -0.39 is 56.8 Å². The van der Waals surface area contributed by atoms with Crippen LogP contribution in [0, 0.1) is 34.5 Å². The summed E-state index contributed by atoms with van der Waals surface area (Å²) in [4.78, 5) is 40.6. The molecule has 2 unspecified atom stereocenters. The number of aliphatic hydroxyl groups is 3. The number of aromatic hydroxyl groups is 1. The van der Waals surface area contributed by atoms with Crippen molar-refractivity contribution >= 4 is 23.1 Å². The van der Waals surface area contributed by atoms with Gasteiger partial charge in [0.15, 0.2) is 17.2 Å². The fourth-order valence-corrected chi connectivity index (χ4v) is 9.13. The molecule has 0 aliphatic heterocycles. The van der Waals surface area contributed by atoms with E-state index in [1.54, 1.807) is 20.8 Å². The Labute approximate surface area is 242 Å². The lowest BCUT2D eigenvalue weighted by Gasteiger charge is -2.59. The maximum atomic E-state index is 14.4. The number of phenolic OH excluding ortho intramolecular Hbond substituents is 1. The van der Waals surface area contributed by atoms with Crippen LogP contribution in [-0.2, 0) is 20.8 Å². The predicted molar refractivity (Wildman–Crippen MR) is 155 cm³/mol. The van der Waals surface area contributed by atoms with E-state index in [1.807, 2.05) is 19.1 Å². The number of benzene rings is 1. The minimum Gasteiger partial charge on any atom is -0.508 e. The summed E-state index contributed by atoms with van der Waals surface area (Å²) in [5.74, 6) is -3.75. The van der Waals surface area contributed by atoms with E-state index in [0.717, 1.165) is 38.2 Å². The van der Waals surface area contributed by atoms with Crippen LogP contribution in [0.2, 0.25) is 0 Å². The lowest BCUT2D eigenvalue weighted by Crippen LogP contribution is -2.69. The Kier molecular flexibility index (Phi) is 6.88. The number of aliphatic hydroxyl groups excluding tert-OH is 2. The van der Waals surface area contributed by atoms with Gasteiger partial charge in [-0.2, -0.15) is 0 Å². The first-order chi connectivity index (χ1) is 19.0. The third kappa shape index (κ3) is 3.90. The summed E-state index contributed by atoms with van der Waals surface area (Å²) in [6, 6.07) is 3.84. The third-order valence-electron chi connectivity index (χ3n) is 11.2. The molecule has 4 aliphatic rings. The van der Waals surface area contributed by atoms with Gasteiger partial charge in [-0.15, -0.1) is 0 Å². The van der Waals surface area contributed by atoms with Crippen molar-refractivity contribution in [3.05, 3.63) is 45.7 Å². The SMILES string of the molecule is CC(=O)C1=C(O)[C@]2(O)C(=O)C3=C(O)c4c(ccc(C(C)C5CCC(C)CC5)c4O)C[C@]3(C)C[C@]2(C)C(C(C)C)C1=O. The maximum absolute atomic E-state index is 14.4. The zero-order chi connectivity index (χ0) is 30.4. The molecule has 5 atom stereocenters. The van der Waals surface area contributed by atoms with Crippen LogP contribution in [0.3, 0.4) is 0 Å². The normalized spacial score (nSPS) is 36.2. The standard InChI is InChI=1S/C34H44O7/c1-16(2)25-28(37)23(19(5)35)30(39)34(41)31(40)26-29(38)24-21(14-32(26,6)15-33(25,34)7)12-13-22(27(24)36)18(4)20-10-8-17(3)9-11-20/h12-13,16-18,20,25,36,38-39,41H,8-11,14-15H2,1-7H3/t17?,18?,20?,25?,32-,33-,34+/m1/s1. The van der Waals surface area contributed by atoms with Crippen molar-refractivity contribution in [2.75, 3.05) is 0 Å². The summed E-state index contributed by atoms with van der Waals surface area (Å²) in [5.41, 5.74) is -4.06. The largest absolute Gasteiger partial charge is 0.508 e. The number of ketones is 3. The highest BCUT2D eigenvalue weighted by Crippen LogP contribution is 2.65. The number of carbonyl (C=O) groups excluding carboxylic acids is 3. The van der Waals surface area contributed by atoms with Crippen molar-refractivity contribution in [3.8, 4) is 5.75 Å². The quantitative estimate of drug-likeness (QED) is 0.324. The molecule has 4 N–H and O–H groups in total. The van der Waals surface area contributed by atoms with E-state index in [-0.39, 0.29) is 35.1 Å². The molecule has 0 aromatic heterocycles. The smallest absolute Gasteiger partial charge is 0.203 e. The first kappa shape index (κ1) is 29.6. The van der Waals surface area contributed by atoms with E-state index in [4.69, 9.17) is 0 Å². The van der Waals surface area contributed by atoms with Crippen LogP contribution in [0.4, 0.5) is 0 Å². The number of hydrogen-bond donors (Lipinski definition) is 4. The molecule has 0 saturated heterocycles. The molecule has 1 aromatic rings. The highest BCUT2D eigenvalue weighted by atomic mass is 16.3. The molecule has 0 spiro atoms. The number of phenols is 1. The Bertz CT molecular complexity index is 1410. The molecule has 0 heterocycles. The molecule has 7 nitrogen and oxygen atoms in total. The second-order valence-corrected chi connectivity index (χ2v) is 14.3. The number of carbonyl (C=O) groups is 3. The van der Waals surface area contributed by atoms with Gasteiger partial charge in [-0.25, -0.2) is 0 Å². The lowest BCUT2D eigenvalue weighted by atomic mass is 9.43. The second kappa shape index (κ2) is 9.55. The molecule has 1 aromatic carbocycles. The first-order valence-corrected chi connectivity index (χ1v) is 15.1. The van der Waals surface area contributed by atoms with E-state index >= 15 is 0 Å². The van der Waals surface area contributed by atoms with E-state index in [1.165, 1.54) is 0 Å². The highest BCUT2D eigenvalue weighted by Gasteiger charge is 2.72. The summed E-state index contributed by atoms with van der Waals surface area (Å²) in [6.45, 7) is 12.5. The molecule has 2 fully saturated rings. The minimum atomic E-state index is -2.59. The molecule has 0 amide bonds. The predicted octanol–water partition coefficient (Wildman–Crippen LogP) is 6.12. The number of allylic oxidation sites excluding steroid dienone is 1. The Morgan fingerprint density at radius 1 is 1.00 bits per heavy atom. The Hall–Kier alpha value is -2.93. The molecular formula is C34H44O7. The van der Waals surface area contributed by atoms with Crippen LogP contribution in [-0.4, -0.2) is 43.4 Å². The summed E-state index contributed by atoms with van der Waals surface area (Å²) in [6.07, 6.45) is 4.80. The highest BCUT2D eigenvalue weighted by molar-refractivity contribution is 6.24.